The predicted molar refractivity (Wildman–Crippen MR) is 94.8 cm³/mol. The lowest BCUT2D eigenvalue weighted by molar-refractivity contribution is 0.342. The van der Waals surface area contributed by atoms with Crippen molar-refractivity contribution in [2.24, 2.45) is 0 Å². The van der Waals surface area contributed by atoms with Gasteiger partial charge in [0.25, 0.3) is 0 Å². The summed E-state index contributed by atoms with van der Waals surface area (Å²) in [6.07, 6.45) is 0. The van der Waals surface area contributed by atoms with Crippen LogP contribution >= 0.6 is 28.1 Å². The zero-order valence-corrected chi connectivity index (χ0v) is 14.4. The molecular formula is C16H16BrFN2OS. The molecule has 0 fully saturated rings. The Kier molecular flexibility index (Phi) is 6.15. The highest BCUT2D eigenvalue weighted by atomic mass is 79.9. The van der Waals surface area contributed by atoms with Crippen LogP contribution in [0, 0.1) is 5.82 Å². The molecule has 0 aliphatic rings. The van der Waals surface area contributed by atoms with Gasteiger partial charge in [0.05, 0.1) is 12.3 Å². The summed E-state index contributed by atoms with van der Waals surface area (Å²) in [4.78, 5) is 0. The number of hydrogen-bond donors (Lipinski definition) is 2. The Balaban J connectivity index is 1.97. The second-order valence-corrected chi connectivity index (χ2v) is 5.80. The first kappa shape index (κ1) is 16.7. The number of para-hydroxylation sites is 2. The van der Waals surface area contributed by atoms with Crippen molar-refractivity contribution in [3.8, 4) is 5.75 Å². The van der Waals surface area contributed by atoms with Gasteiger partial charge in [-0.3, -0.25) is 0 Å². The summed E-state index contributed by atoms with van der Waals surface area (Å²) in [6, 6.07) is 12.3. The Labute approximate surface area is 143 Å². The zero-order chi connectivity index (χ0) is 15.9. The Morgan fingerprint density at radius 1 is 1.27 bits per heavy atom. The SMILES string of the molecule is CCOc1ccccc1NC(=S)NCc1cc(Br)ccc1F. The van der Waals surface area contributed by atoms with Gasteiger partial charge in [0.15, 0.2) is 5.11 Å². The van der Waals surface area contributed by atoms with Crippen molar-refractivity contribution in [2.45, 2.75) is 13.5 Å². The molecule has 2 rings (SSSR count). The van der Waals surface area contributed by atoms with Gasteiger partial charge in [-0.2, -0.15) is 0 Å². The molecule has 0 atom stereocenters. The van der Waals surface area contributed by atoms with Crippen LogP contribution in [0.4, 0.5) is 10.1 Å². The molecule has 0 heterocycles. The Morgan fingerprint density at radius 2 is 2.05 bits per heavy atom. The number of hydrogen-bond acceptors (Lipinski definition) is 2. The largest absolute Gasteiger partial charge is 0.492 e. The van der Waals surface area contributed by atoms with Gasteiger partial charge >= 0.3 is 0 Å². The molecule has 6 heteroatoms. The molecule has 0 aromatic heterocycles. The molecule has 0 saturated heterocycles. The van der Waals surface area contributed by atoms with Crippen molar-refractivity contribution in [3.05, 3.63) is 58.3 Å². The van der Waals surface area contributed by atoms with Crippen LogP contribution < -0.4 is 15.4 Å². The quantitative estimate of drug-likeness (QED) is 0.747. The Morgan fingerprint density at radius 3 is 2.82 bits per heavy atom. The molecule has 2 aromatic rings. The molecular weight excluding hydrogens is 367 g/mol. The van der Waals surface area contributed by atoms with Crippen LogP contribution in [0.1, 0.15) is 12.5 Å². The molecule has 116 valence electrons. The van der Waals surface area contributed by atoms with E-state index in [4.69, 9.17) is 17.0 Å². The average Bonchev–Trinajstić information content (AvgIpc) is 2.50. The fraction of sp³-hybridized carbons (Fsp3) is 0.188. The first-order valence-corrected chi connectivity index (χ1v) is 8.01. The lowest BCUT2D eigenvalue weighted by atomic mass is 10.2. The van der Waals surface area contributed by atoms with Gasteiger partial charge in [-0.15, -0.1) is 0 Å². The van der Waals surface area contributed by atoms with Crippen molar-refractivity contribution in [1.82, 2.24) is 5.32 Å². The van der Waals surface area contributed by atoms with E-state index in [0.717, 1.165) is 15.9 Å². The van der Waals surface area contributed by atoms with E-state index in [1.54, 1.807) is 12.1 Å². The molecule has 0 saturated carbocycles. The topological polar surface area (TPSA) is 33.3 Å². The molecule has 2 N–H and O–H groups in total. The van der Waals surface area contributed by atoms with Crippen LogP contribution in [0.25, 0.3) is 0 Å². The van der Waals surface area contributed by atoms with Crippen molar-refractivity contribution in [1.29, 1.82) is 0 Å². The minimum atomic E-state index is -0.270. The number of benzene rings is 2. The first-order valence-electron chi connectivity index (χ1n) is 6.80. The molecule has 0 amide bonds. The van der Waals surface area contributed by atoms with Crippen LogP contribution in [0.5, 0.6) is 5.75 Å². The van der Waals surface area contributed by atoms with Crippen LogP contribution in [0.2, 0.25) is 0 Å². The van der Waals surface area contributed by atoms with E-state index in [9.17, 15) is 4.39 Å². The van der Waals surface area contributed by atoms with Gasteiger partial charge in [-0.1, -0.05) is 28.1 Å². The number of anilines is 1. The zero-order valence-electron chi connectivity index (χ0n) is 12.0. The van der Waals surface area contributed by atoms with E-state index >= 15 is 0 Å². The number of ether oxygens (including phenoxy) is 1. The maximum Gasteiger partial charge on any atom is 0.171 e. The highest BCUT2D eigenvalue weighted by molar-refractivity contribution is 9.10. The van der Waals surface area contributed by atoms with Gasteiger partial charge in [-0.25, -0.2) is 4.39 Å². The van der Waals surface area contributed by atoms with Gasteiger partial charge in [0.1, 0.15) is 11.6 Å². The smallest absolute Gasteiger partial charge is 0.171 e. The van der Waals surface area contributed by atoms with Gasteiger partial charge in [0.2, 0.25) is 0 Å². The van der Waals surface area contributed by atoms with E-state index in [-0.39, 0.29) is 5.82 Å². The third-order valence-electron chi connectivity index (χ3n) is 2.88. The summed E-state index contributed by atoms with van der Waals surface area (Å²) in [5.41, 5.74) is 1.31. The highest BCUT2D eigenvalue weighted by Crippen LogP contribution is 2.23. The standard InChI is InChI=1S/C16H16BrFN2OS/c1-2-21-15-6-4-3-5-14(15)20-16(22)19-10-11-9-12(17)7-8-13(11)18/h3-9H,2,10H2,1H3,(H2,19,20,22). The van der Waals surface area contributed by atoms with Crippen molar-refractivity contribution >= 4 is 38.9 Å². The summed E-state index contributed by atoms with van der Waals surface area (Å²) in [5, 5.41) is 6.46. The minimum absolute atomic E-state index is 0.270. The van der Waals surface area contributed by atoms with Crippen LogP contribution in [-0.4, -0.2) is 11.7 Å². The number of thiocarbonyl (C=S) groups is 1. The summed E-state index contributed by atoms with van der Waals surface area (Å²) in [7, 11) is 0. The summed E-state index contributed by atoms with van der Waals surface area (Å²) < 4.78 is 20.0. The highest BCUT2D eigenvalue weighted by Gasteiger charge is 2.06. The molecule has 0 aliphatic carbocycles. The first-order chi connectivity index (χ1) is 10.6. The number of nitrogens with one attached hydrogen (secondary N) is 2. The molecule has 2 aromatic carbocycles. The molecule has 0 bridgehead atoms. The van der Waals surface area contributed by atoms with Crippen molar-refractivity contribution in [3.63, 3.8) is 0 Å². The van der Waals surface area contributed by atoms with Gasteiger partial charge in [0, 0.05) is 16.6 Å². The van der Waals surface area contributed by atoms with Crippen molar-refractivity contribution < 1.29 is 9.13 Å². The fourth-order valence-corrected chi connectivity index (χ4v) is 2.46. The van der Waals surface area contributed by atoms with E-state index in [2.05, 4.69) is 26.6 Å². The van der Waals surface area contributed by atoms with E-state index in [1.165, 1.54) is 6.07 Å². The predicted octanol–water partition coefficient (Wildman–Crippen LogP) is 4.47. The molecule has 0 radical (unpaired) electrons. The van der Waals surface area contributed by atoms with E-state index < -0.39 is 0 Å². The third kappa shape index (κ3) is 4.68. The van der Waals surface area contributed by atoms with Gasteiger partial charge < -0.3 is 15.4 Å². The molecule has 3 nitrogen and oxygen atoms in total. The third-order valence-corrected chi connectivity index (χ3v) is 3.62. The average molecular weight is 383 g/mol. The lowest BCUT2D eigenvalue weighted by Gasteiger charge is -2.14. The second kappa shape index (κ2) is 8.10. The lowest BCUT2D eigenvalue weighted by Crippen LogP contribution is -2.28. The number of rotatable bonds is 5. The number of halogens is 2. The minimum Gasteiger partial charge on any atom is -0.492 e. The maximum absolute atomic E-state index is 13.7. The van der Waals surface area contributed by atoms with Crippen LogP contribution in [-0.2, 0) is 6.54 Å². The molecule has 0 aliphatic heterocycles. The molecule has 0 spiro atoms. The monoisotopic (exact) mass is 382 g/mol. The summed E-state index contributed by atoms with van der Waals surface area (Å²) in [5.74, 6) is 0.455. The van der Waals surface area contributed by atoms with Crippen LogP contribution in [0.3, 0.4) is 0 Å². The normalized spacial score (nSPS) is 10.1. The van der Waals surface area contributed by atoms with E-state index in [0.29, 0.717) is 23.8 Å². The van der Waals surface area contributed by atoms with Crippen LogP contribution in [0.15, 0.2) is 46.9 Å². The van der Waals surface area contributed by atoms with Gasteiger partial charge in [-0.05, 0) is 49.5 Å². The van der Waals surface area contributed by atoms with Crippen molar-refractivity contribution in [2.75, 3.05) is 11.9 Å². The maximum atomic E-state index is 13.7. The summed E-state index contributed by atoms with van der Waals surface area (Å²) in [6.45, 7) is 2.79. The van der Waals surface area contributed by atoms with E-state index in [1.807, 2.05) is 31.2 Å². The Hall–Kier alpha value is -1.66. The molecule has 0 unspecified atom stereocenters. The second-order valence-electron chi connectivity index (χ2n) is 4.47. The summed E-state index contributed by atoms with van der Waals surface area (Å²) >= 11 is 8.57. The fourth-order valence-electron chi connectivity index (χ4n) is 1.87. The molecule has 22 heavy (non-hydrogen) atoms. The Bertz CT molecular complexity index is 666.